The van der Waals surface area contributed by atoms with Crippen LogP contribution in [0, 0.1) is 0 Å². The summed E-state index contributed by atoms with van der Waals surface area (Å²) in [5.41, 5.74) is -0.347. The number of nitrogens with one attached hydrogen (secondary N) is 1. The second kappa shape index (κ2) is 7.92. The summed E-state index contributed by atoms with van der Waals surface area (Å²) < 4.78 is 64.6. The Bertz CT molecular complexity index is 951. The van der Waals surface area contributed by atoms with Crippen LogP contribution >= 0.6 is 0 Å². The maximum absolute atomic E-state index is 12.7. The maximum Gasteiger partial charge on any atom is 0.416 e. The summed E-state index contributed by atoms with van der Waals surface area (Å²) >= 11 is 0. The van der Waals surface area contributed by atoms with Crippen molar-refractivity contribution in [3.63, 3.8) is 0 Å². The molecule has 150 valence electrons. The Kier molecular flexibility index (Phi) is 5.76. The lowest BCUT2D eigenvalue weighted by molar-refractivity contribution is -0.137. The van der Waals surface area contributed by atoms with E-state index >= 15 is 0 Å². The molecule has 2 aromatic rings. The topological polar surface area (TPSA) is 66.5 Å². The lowest BCUT2D eigenvalue weighted by Gasteiger charge is -2.15. The third-order valence-corrected chi connectivity index (χ3v) is 6.44. The van der Waals surface area contributed by atoms with Crippen LogP contribution in [-0.2, 0) is 22.7 Å². The van der Waals surface area contributed by atoms with Crippen LogP contribution in [-0.4, -0.2) is 31.7 Å². The van der Waals surface area contributed by atoms with Crippen LogP contribution in [0.15, 0.2) is 53.4 Å². The molecule has 1 N–H and O–H groups in total. The number of nitrogens with zero attached hydrogens (tertiary/aromatic N) is 1. The Balaban J connectivity index is 1.64. The summed E-state index contributed by atoms with van der Waals surface area (Å²) in [4.78, 5) is 12.3. The molecule has 1 amide bonds. The third-order valence-electron chi connectivity index (χ3n) is 4.53. The smallest absolute Gasteiger partial charge is 0.348 e. The first-order valence-corrected chi connectivity index (χ1v) is 10.2. The highest BCUT2D eigenvalue weighted by atomic mass is 32.2. The monoisotopic (exact) mass is 412 g/mol. The Morgan fingerprint density at radius 3 is 2.29 bits per heavy atom. The minimum Gasteiger partial charge on any atom is -0.348 e. The van der Waals surface area contributed by atoms with Crippen LogP contribution in [0.5, 0.6) is 0 Å². The zero-order valence-corrected chi connectivity index (χ0v) is 15.7. The van der Waals surface area contributed by atoms with Crippen molar-refractivity contribution in [2.24, 2.45) is 0 Å². The van der Waals surface area contributed by atoms with E-state index in [0.29, 0.717) is 18.7 Å². The van der Waals surface area contributed by atoms with Gasteiger partial charge in [0.1, 0.15) is 0 Å². The molecule has 0 radical (unpaired) electrons. The van der Waals surface area contributed by atoms with Gasteiger partial charge >= 0.3 is 6.18 Å². The van der Waals surface area contributed by atoms with Crippen LogP contribution < -0.4 is 5.32 Å². The molecule has 2 aromatic carbocycles. The molecule has 9 heteroatoms. The predicted octanol–water partition coefficient (Wildman–Crippen LogP) is 3.42. The summed E-state index contributed by atoms with van der Waals surface area (Å²) in [5, 5.41) is 2.54. The van der Waals surface area contributed by atoms with Gasteiger partial charge in [-0.05, 0) is 48.7 Å². The van der Waals surface area contributed by atoms with Crippen molar-refractivity contribution in [1.82, 2.24) is 9.62 Å². The van der Waals surface area contributed by atoms with E-state index in [9.17, 15) is 26.4 Å². The van der Waals surface area contributed by atoms with Crippen LogP contribution in [0.1, 0.15) is 34.3 Å². The van der Waals surface area contributed by atoms with E-state index in [1.807, 2.05) is 0 Å². The van der Waals surface area contributed by atoms with E-state index in [2.05, 4.69) is 5.32 Å². The van der Waals surface area contributed by atoms with E-state index in [0.717, 1.165) is 25.0 Å². The molecule has 0 saturated carbocycles. The van der Waals surface area contributed by atoms with Crippen LogP contribution in [0.4, 0.5) is 13.2 Å². The molecule has 0 aromatic heterocycles. The zero-order chi connectivity index (χ0) is 20.4. The maximum atomic E-state index is 12.7. The number of sulfonamides is 1. The molecule has 0 bridgehead atoms. The fraction of sp³-hybridized carbons (Fsp3) is 0.316. The third kappa shape index (κ3) is 4.53. The second-order valence-electron chi connectivity index (χ2n) is 6.52. The van der Waals surface area contributed by atoms with Gasteiger partial charge in [-0.1, -0.05) is 18.2 Å². The molecule has 1 aliphatic heterocycles. The number of alkyl halides is 3. The van der Waals surface area contributed by atoms with Gasteiger partial charge in [0.2, 0.25) is 10.0 Å². The van der Waals surface area contributed by atoms with Crippen molar-refractivity contribution in [1.29, 1.82) is 0 Å². The fourth-order valence-corrected chi connectivity index (χ4v) is 4.50. The molecule has 0 unspecified atom stereocenters. The van der Waals surface area contributed by atoms with Crippen LogP contribution in [0.2, 0.25) is 0 Å². The molecule has 28 heavy (non-hydrogen) atoms. The van der Waals surface area contributed by atoms with E-state index in [-0.39, 0.29) is 17.0 Å². The predicted molar refractivity (Wildman–Crippen MR) is 97.0 cm³/mol. The van der Waals surface area contributed by atoms with Gasteiger partial charge in [-0.2, -0.15) is 17.5 Å². The van der Waals surface area contributed by atoms with Gasteiger partial charge in [-0.25, -0.2) is 8.42 Å². The number of halogens is 3. The minimum atomic E-state index is -4.52. The average Bonchev–Trinajstić information content (AvgIpc) is 3.21. The summed E-state index contributed by atoms with van der Waals surface area (Å²) in [7, 11) is -3.51. The molecule has 0 atom stereocenters. The van der Waals surface area contributed by atoms with Gasteiger partial charge in [0.25, 0.3) is 5.91 Å². The highest BCUT2D eigenvalue weighted by molar-refractivity contribution is 7.89. The van der Waals surface area contributed by atoms with Crippen molar-refractivity contribution in [3.05, 3.63) is 65.2 Å². The first kappa shape index (κ1) is 20.3. The number of hydrogen-bond acceptors (Lipinski definition) is 3. The highest BCUT2D eigenvalue weighted by Crippen LogP contribution is 2.29. The Morgan fingerprint density at radius 2 is 1.68 bits per heavy atom. The summed E-state index contributed by atoms with van der Waals surface area (Å²) in [6, 6.07) is 10.3. The lowest BCUT2D eigenvalue weighted by Crippen LogP contribution is -2.28. The van der Waals surface area contributed by atoms with Gasteiger partial charge in [0.05, 0.1) is 10.5 Å². The highest BCUT2D eigenvalue weighted by Gasteiger charge is 2.31. The largest absolute Gasteiger partial charge is 0.416 e. The number of carbonyl (C=O) groups excluding carboxylic acids is 1. The molecule has 0 aliphatic carbocycles. The van der Waals surface area contributed by atoms with Gasteiger partial charge in [-0.15, -0.1) is 0 Å². The standard InChI is InChI=1S/C19H19F3N2O3S/c20-19(21,22)16-5-3-4-15(12-16)18(25)23-13-14-6-8-17(9-7-14)28(26,27)24-10-1-2-11-24/h3-9,12H,1-2,10-11,13H2,(H,23,25). The molecule has 0 spiro atoms. The van der Waals surface area contributed by atoms with Crippen molar-refractivity contribution >= 4 is 15.9 Å². The molecular weight excluding hydrogens is 393 g/mol. The molecule has 1 aliphatic rings. The van der Waals surface area contributed by atoms with Crippen molar-refractivity contribution in [2.45, 2.75) is 30.5 Å². The molecular formula is C19H19F3N2O3S. The van der Waals surface area contributed by atoms with E-state index in [4.69, 9.17) is 0 Å². The van der Waals surface area contributed by atoms with Crippen molar-refractivity contribution in [2.75, 3.05) is 13.1 Å². The SMILES string of the molecule is O=C(NCc1ccc(S(=O)(=O)N2CCCC2)cc1)c1cccc(C(F)(F)F)c1. The lowest BCUT2D eigenvalue weighted by atomic mass is 10.1. The zero-order valence-electron chi connectivity index (χ0n) is 14.9. The van der Waals surface area contributed by atoms with E-state index in [1.54, 1.807) is 12.1 Å². The van der Waals surface area contributed by atoms with E-state index < -0.39 is 27.7 Å². The number of amides is 1. The first-order valence-electron chi connectivity index (χ1n) is 8.72. The minimum absolute atomic E-state index is 0.0686. The molecule has 3 rings (SSSR count). The summed E-state index contributed by atoms with van der Waals surface area (Å²) in [6.45, 7) is 1.09. The Hall–Kier alpha value is -2.39. The number of benzene rings is 2. The van der Waals surface area contributed by atoms with Crippen molar-refractivity contribution in [3.8, 4) is 0 Å². The summed E-state index contributed by atoms with van der Waals surface area (Å²) in [6.07, 6.45) is -2.83. The first-order chi connectivity index (χ1) is 13.2. The fourth-order valence-electron chi connectivity index (χ4n) is 2.98. The van der Waals surface area contributed by atoms with Crippen LogP contribution in [0.3, 0.4) is 0 Å². The van der Waals surface area contributed by atoms with Gasteiger partial charge < -0.3 is 5.32 Å². The normalized spacial score (nSPS) is 15.5. The van der Waals surface area contributed by atoms with Crippen LogP contribution in [0.25, 0.3) is 0 Å². The van der Waals surface area contributed by atoms with Gasteiger partial charge in [-0.3, -0.25) is 4.79 Å². The Labute approximate surface area is 161 Å². The number of hydrogen-bond donors (Lipinski definition) is 1. The quantitative estimate of drug-likeness (QED) is 0.818. The molecule has 1 fully saturated rings. The summed E-state index contributed by atoms with van der Waals surface area (Å²) in [5.74, 6) is -0.639. The molecule has 5 nitrogen and oxygen atoms in total. The average molecular weight is 412 g/mol. The number of carbonyl (C=O) groups is 1. The van der Waals surface area contributed by atoms with Crippen molar-refractivity contribution < 1.29 is 26.4 Å². The Morgan fingerprint density at radius 1 is 1.04 bits per heavy atom. The van der Waals surface area contributed by atoms with Gasteiger partial charge in [0.15, 0.2) is 0 Å². The van der Waals surface area contributed by atoms with E-state index in [1.165, 1.54) is 28.6 Å². The van der Waals surface area contributed by atoms with Gasteiger partial charge in [0, 0.05) is 25.2 Å². The number of rotatable bonds is 5. The second-order valence-corrected chi connectivity index (χ2v) is 8.45. The molecule has 1 heterocycles. The molecule has 1 saturated heterocycles.